The molecule has 3 aromatic rings. The van der Waals surface area contributed by atoms with Gasteiger partial charge in [0.1, 0.15) is 23.0 Å². The zero-order valence-corrected chi connectivity index (χ0v) is 56.8. The second-order valence-electron chi connectivity index (χ2n) is 25.6. The summed E-state index contributed by atoms with van der Waals surface area (Å²) < 4.78 is 26.8. The van der Waals surface area contributed by atoms with Crippen molar-refractivity contribution in [2.24, 2.45) is 0 Å². The van der Waals surface area contributed by atoms with Gasteiger partial charge in [0.25, 0.3) is 0 Å². The van der Waals surface area contributed by atoms with Crippen molar-refractivity contribution >= 4 is 24.3 Å². The average Bonchev–Trinajstić information content (AvgIpc) is 3.68. The fourth-order valence-electron chi connectivity index (χ4n) is 11.9. The van der Waals surface area contributed by atoms with Crippen LogP contribution in [0, 0.1) is 13.8 Å². The molecule has 0 saturated carbocycles. The molecule has 0 aliphatic carbocycles. The molecular formula is C80H134O4. The molecule has 0 saturated heterocycles. The minimum Gasteiger partial charge on any atom is -0.493 e. The smallest absolute Gasteiger partial charge is 0.127 e. The summed E-state index contributed by atoms with van der Waals surface area (Å²) in [7, 11) is 0. The average molecular weight is 1160 g/mol. The zero-order valence-electron chi connectivity index (χ0n) is 56.8. The van der Waals surface area contributed by atoms with E-state index in [9.17, 15) is 0 Å². The van der Waals surface area contributed by atoms with E-state index in [2.05, 4.69) is 116 Å². The van der Waals surface area contributed by atoms with E-state index in [1.165, 1.54) is 279 Å². The highest BCUT2D eigenvalue weighted by Crippen LogP contribution is 2.35. The summed E-state index contributed by atoms with van der Waals surface area (Å²) in [6.45, 7) is 21.3. The van der Waals surface area contributed by atoms with E-state index in [4.69, 9.17) is 18.9 Å². The maximum absolute atomic E-state index is 6.76. The number of unbranched alkanes of at least 4 members (excludes halogenated alkanes) is 38. The van der Waals surface area contributed by atoms with Crippen molar-refractivity contribution in [3.05, 3.63) is 80.9 Å². The third-order valence-electron chi connectivity index (χ3n) is 17.5. The Labute approximate surface area is 521 Å². The molecule has 4 heteroatoms. The molecule has 0 atom stereocenters. The number of benzene rings is 3. The van der Waals surface area contributed by atoms with Gasteiger partial charge in [-0.25, -0.2) is 0 Å². The molecule has 84 heavy (non-hydrogen) atoms. The lowest BCUT2D eigenvalue weighted by Crippen LogP contribution is -2.03. The van der Waals surface area contributed by atoms with E-state index in [1.54, 1.807) is 0 Å². The van der Waals surface area contributed by atoms with Crippen molar-refractivity contribution in [3.8, 4) is 23.0 Å². The second kappa shape index (κ2) is 52.5. The van der Waals surface area contributed by atoms with Gasteiger partial charge in [0.15, 0.2) is 0 Å². The standard InChI is InChI=1S/C80H134O4/c1-9-15-21-27-33-37-43-49-59-81-77-67-75(79(63-69(77)7)83-61-51-45-39-35-29-23-17-11-3)57-55-73-65-72(54-48-42-32-26-20-14-6)74(66-71(73)53-47-41-31-25-19-13-5)56-58-76-68-78(82-60-50-44-38-34-28-22-16-10-2)70(8)64-80(76)84-62-52-46-40-36-30-24-18-12-4/h55-58,63-68H,9-54,59-62H2,1-8H3. The Bertz CT molecular complexity index is 1930. The number of ether oxygens (including phenoxy) is 4. The third kappa shape index (κ3) is 35.8. The minimum absolute atomic E-state index is 0.750. The van der Waals surface area contributed by atoms with Crippen LogP contribution in [0.15, 0.2) is 36.4 Å². The van der Waals surface area contributed by atoms with Gasteiger partial charge < -0.3 is 18.9 Å². The van der Waals surface area contributed by atoms with E-state index in [-0.39, 0.29) is 0 Å². The molecule has 4 nitrogen and oxygen atoms in total. The van der Waals surface area contributed by atoms with E-state index < -0.39 is 0 Å². The van der Waals surface area contributed by atoms with Gasteiger partial charge in [-0.1, -0.05) is 322 Å². The summed E-state index contributed by atoms with van der Waals surface area (Å²) >= 11 is 0. The molecular weight excluding hydrogens is 1020 g/mol. The van der Waals surface area contributed by atoms with Crippen molar-refractivity contribution in [2.75, 3.05) is 26.4 Å². The van der Waals surface area contributed by atoms with Crippen LogP contribution in [0.5, 0.6) is 23.0 Å². The van der Waals surface area contributed by atoms with E-state index in [1.807, 2.05) is 0 Å². The van der Waals surface area contributed by atoms with Gasteiger partial charge in [-0.05, 0) is 123 Å². The van der Waals surface area contributed by atoms with E-state index in [0.29, 0.717) is 0 Å². The maximum Gasteiger partial charge on any atom is 0.127 e. The first kappa shape index (κ1) is 74.6. The first-order valence-electron chi connectivity index (χ1n) is 36.7. The van der Waals surface area contributed by atoms with Crippen LogP contribution in [0.2, 0.25) is 0 Å². The van der Waals surface area contributed by atoms with Gasteiger partial charge in [-0.3, -0.25) is 0 Å². The van der Waals surface area contributed by atoms with Crippen molar-refractivity contribution in [1.82, 2.24) is 0 Å². The molecule has 0 fully saturated rings. The van der Waals surface area contributed by atoms with Gasteiger partial charge in [0.2, 0.25) is 0 Å². The molecule has 0 radical (unpaired) electrons. The third-order valence-corrected chi connectivity index (χ3v) is 17.5. The number of rotatable bonds is 58. The molecule has 3 aromatic carbocycles. The Balaban J connectivity index is 2.07. The molecule has 0 aliphatic heterocycles. The number of hydrogen-bond acceptors (Lipinski definition) is 4. The van der Waals surface area contributed by atoms with Crippen molar-refractivity contribution in [3.63, 3.8) is 0 Å². The summed E-state index contributed by atoms with van der Waals surface area (Å²) in [5.41, 5.74) is 10.1. The SMILES string of the molecule is CCCCCCCCCCOc1cc(C=Cc2cc(CCCCCCCC)c(C=Cc3cc(OCCCCCCCCCC)c(C)cc3OCCCCCCCCCC)cc2CCCCCCCC)c(OCCCCCCCCCC)cc1C. The van der Waals surface area contributed by atoms with Crippen molar-refractivity contribution < 1.29 is 18.9 Å². The molecule has 0 aromatic heterocycles. The Morgan fingerprint density at radius 2 is 0.440 bits per heavy atom. The van der Waals surface area contributed by atoms with E-state index in [0.717, 1.165) is 110 Å². The molecule has 3 rings (SSSR count). The van der Waals surface area contributed by atoms with Crippen LogP contribution in [0.3, 0.4) is 0 Å². The van der Waals surface area contributed by atoms with Crippen molar-refractivity contribution in [1.29, 1.82) is 0 Å². The van der Waals surface area contributed by atoms with Gasteiger partial charge >= 0.3 is 0 Å². The Kier molecular flexibility index (Phi) is 46.6. The normalized spacial score (nSPS) is 11.7. The Hall–Kier alpha value is -3.66. The summed E-state index contributed by atoms with van der Waals surface area (Å²) in [6.07, 6.45) is 68.6. The molecule has 0 aliphatic rings. The zero-order chi connectivity index (χ0) is 60.2. The lowest BCUT2D eigenvalue weighted by molar-refractivity contribution is 0.294. The van der Waals surface area contributed by atoms with Gasteiger partial charge in [-0.15, -0.1) is 0 Å². The summed E-state index contributed by atoms with van der Waals surface area (Å²) in [5, 5.41) is 0. The fraction of sp³-hybridized carbons (Fsp3) is 0.725. The van der Waals surface area contributed by atoms with Gasteiger partial charge in [0, 0.05) is 11.1 Å². The van der Waals surface area contributed by atoms with Crippen LogP contribution in [0.25, 0.3) is 24.3 Å². The topological polar surface area (TPSA) is 36.9 Å². The largest absolute Gasteiger partial charge is 0.493 e. The van der Waals surface area contributed by atoms with Crippen LogP contribution >= 0.6 is 0 Å². The van der Waals surface area contributed by atoms with Crippen molar-refractivity contribution in [2.45, 2.75) is 351 Å². The molecule has 0 spiro atoms. The quantitative estimate of drug-likeness (QED) is 0.0417. The number of aryl methyl sites for hydroxylation is 4. The lowest BCUT2D eigenvalue weighted by Gasteiger charge is -2.17. The first-order chi connectivity index (χ1) is 41.4. The van der Waals surface area contributed by atoms with Crippen LogP contribution < -0.4 is 18.9 Å². The highest BCUT2D eigenvalue weighted by molar-refractivity contribution is 5.79. The summed E-state index contributed by atoms with van der Waals surface area (Å²) in [4.78, 5) is 0. The highest BCUT2D eigenvalue weighted by atomic mass is 16.5. The highest BCUT2D eigenvalue weighted by Gasteiger charge is 2.14. The monoisotopic (exact) mass is 1160 g/mol. The minimum atomic E-state index is 0.750. The van der Waals surface area contributed by atoms with Gasteiger partial charge in [0.05, 0.1) is 26.4 Å². The Morgan fingerprint density at radius 1 is 0.226 bits per heavy atom. The fourth-order valence-corrected chi connectivity index (χ4v) is 11.9. The number of hydrogen-bond donors (Lipinski definition) is 0. The predicted molar refractivity (Wildman–Crippen MR) is 373 cm³/mol. The maximum atomic E-state index is 6.76. The lowest BCUT2D eigenvalue weighted by atomic mass is 9.91. The molecule has 0 N–H and O–H groups in total. The second-order valence-corrected chi connectivity index (χ2v) is 25.6. The molecule has 0 bridgehead atoms. The molecule has 478 valence electrons. The predicted octanol–water partition coefficient (Wildman–Crippen LogP) is 26.5. The first-order valence-corrected chi connectivity index (χ1v) is 36.7. The van der Waals surface area contributed by atoms with Gasteiger partial charge in [-0.2, -0.15) is 0 Å². The van der Waals surface area contributed by atoms with E-state index >= 15 is 0 Å². The van der Waals surface area contributed by atoms with Crippen LogP contribution in [-0.4, -0.2) is 26.4 Å². The van der Waals surface area contributed by atoms with Crippen LogP contribution in [0.4, 0.5) is 0 Å². The Morgan fingerprint density at radius 3 is 0.702 bits per heavy atom. The molecule has 0 heterocycles. The van der Waals surface area contributed by atoms with Crippen LogP contribution in [0.1, 0.15) is 369 Å². The van der Waals surface area contributed by atoms with Crippen LogP contribution in [-0.2, 0) is 12.8 Å². The summed E-state index contributed by atoms with van der Waals surface area (Å²) in [5.74, 6) is 3.95. The molecule has 0 amide bonds. The summed E-state index contributed by atoms with van der Waals surface area (Å²) in [6, 6.07) is 14.2. The molecule has 0 unspecified atom stereocenters.